The van der Waals surface area contributed by atoms with Gasteiger partial charge in [0.25, 0.3) is 0 Å². The number of likely N-dealkylation sites (tertiary alicyclic amines) is 1. The molecular formula is C31H42N4O. The van der Waals surface area contributed by atoms with E-state index in [-0.39, 0.29) is 17.2 Å². The topological polar surface area (TPSA) is 50.2 Å². The lowest BCUT2D eigenvalue weighted by atomic mass is 9.94. The van der Waals surface area contributed by atoms with Crippen LogP contribution in [0.3, 0.4) is 0 Å². The molecule has 1 saturated heterocycles. The van der Waals surface area contributed by atoms with Crippen molar-refractivity contribution < 1.29 is 4.79 Å². The van der Waals surface area contributed by atoms with E-state index in [0.717, 1.165) is 43.7 Å². The fraction of sp³-hybridized carbons (Fsp3) is 0.548. The molecule has 0 bridgehead atoms. The molecule has 5 heteroatoms. The van der Waals surface area contributed by atoms with Crippen molar-refractivity contribution >= 4 is 22.6 Å². The van der Waals surface area contributed by atoms with Crippen molar-refractivity contribution in [1.82, 2.24) is 14.5 Å². The summed E-state index contributed by atoms with van der Waals surface area (Å²) in [6.07, 6.45) is 4.61. The van der Waals surface area contributed by atoms with E-state index in [1.54, 1.807) is 0 Å². The normalized spacial score (nSPS) is 19.2. The number of carbonyl (C=O) groups is 1. The maximum absolute atomic E-state index is 12.1. The van der Waals surface area contributed by atoms with Crippen LogP contribution in [0.5, 0.6) is 0 Å². The van der Waals surface area contributed by atoms with Crippen LogP contribution in [-0.4, -0.2) is 40.0 Å². The second-order valence-corrected chi connectivity index (χ2v) is 12.5. The van der Waals surface area contributed by atoms with Gasteiger partial charge in [-0.2, -0.15) is 0 Å². The quantitative estimate of drug-likeness (QED) is 0.461. The lowest BCUT2D eigenvalue weighted by molar-refractivity contribution is -0.118. The van der Waals surface area contributed by atoms with E-state index in [4.69, 9.17) is 4.98 Å². The third kappa shape index (κ3) is 5.08. The van der Waals surface area contributed by atoms with Gasteiger partial charge in [0.2, 0.25) is 5.91 Å². The van der Waals surface area contributed by atoms with Gasteiger partial charge < -0.3 is 14.8 Å². The number of imidazole rings is 1. The third-order valence-corrected chi connectivity index (χ3v) is 7.97. The first kappa shape index (κ1) is 25.0. The molecule has 0 unspecified atom stereocenters. The number of benzene rings is 2. The lowest BCUT2D eigenvalue weighted by Crippen LogP contribution is -2.38. The Labute approximate surface area is 216 Å². The third-order valence-electron chi connectivity index (χ3n) is 7.97. The Morgan fingerprint density at radius 2 is 1.78 bits per heavy atom. The van der Waals surface area contributed by atoms with Crippen LogP contribution in [-0.2, 0) is 23.1 Å². The Morgan fingerprint density at radius 1 is 1.06 bits per heavy atom. The van der Waals surface area contributed by atoms with Gasteiger partial charge in [0.1, 0.15) is 5.82 Å². The van der Waals surface area contributed by atoms with Crippen LogP contribution in [0.15, 0.2) is 36.4 Å². The lowest BCUT2D eigenvalue weighted by Gasteiger charge is -2.36. The number of nitrogens with one attached hydrogen (secondary N) is 1. The summed E-state index contributed by atoms with van der Waals surface area (Å²) in [6.45, 7) is 16.3. The smallest absolute Gasteiger partial charge is 0.226 e. The molecule has 1 N–H and O–H groups in total. The number of aryl methyl sites for hydroxylation is 1. The number of hydrogen-bond donors (Lipinski definition) is 1. The van der Waals surface area contributed by atoms with E-state index in [1.165, 1.54) is 40.9 Å². The van der Waals surface area contributed by atoms with Gasteiger partial charge in [-0.25, -0.2) is 4.98 Å². The molecule has 1 amide bonds. The second kappa shape index (κ2) is 9.66. The summed E-state index contributed by atoms with van der Waals surface area (Å²) in [5.41, 5.74) is 7.51. The number of rotatable bonds is 5. The highest BCUT2D eigenvalue weighted by Gasteiger charge is 2.31. The highest BCUT2D eigenvalue weighted by atomic mass is 16.1. The van der Waals surface area contributed by atoms with Crippen LogP contribution in [0.2, 0.25) is 0 Å². The van der Waals surface area contributed by atoms with Gasteiger partial charge in [-0.15, -0.1) is 0 Å². The van der Waals surface area contributed by atoms with Crippen molar-refractivity contribution in [2.24, 2.45) is 11.8 Å². The summed E-state index contributed by atoms with van der Waals surface area (Å²) in [5, 5.41) is 3.06. The second-order valence-electron chi connectivity index (χ2n) is 12.5. The van der Waals surface area contributed by atoms with Crippen LogP contribution >= 0.6 is 0 Å². The van der Waals surface area contributed by atoms with E-state index in [0.29, 0.717) is 12.0 Å². The molecule has 1 atom stereocenters. The van der Waals surface area contributed by atoms with Crippen LogP contribution in [0.25, 0.3) is 11.0 Å². The molecule has 1 aromatic heterocycles. The summed E-state index contributed by atoms with van der Waals surface area (Å²) >= 11 is 0. The van der Waals surface area contributed by atoms with Gasteiger partial charge in [0, 0.05) is 42.7 Å². The predicted molar refractivity (Wildman–Crippen MR) is 149 cm³/mol. The molecule has 1 aliphatic carbocycles. The minimum atomic E-state index is -0.00200. The summed E-state index contributed by atoms with van der Waals surface area (Å²) < 4.78 is 2.56. The van der Waals surface area contributed by atoms with Crippen LogP contribution < -0.4 is 5.32 Å². The zero-order valence-corrected chi connectivity index (χ0v) is 22.9. The molecule has 5 nitrogen and oxygen atoms in total. The van der Waals surface area contributed by atoms with Gasteiger partial charge >= 0.3 is 0 Å². The van der Waals surface area contributed by atoms with Crippen molar-refractivity contribution in [3.63, 3.8) is 0 Å². The Kier molecular flexibility index (Phi) is 6.71. The first-order valence-corrected chi connectivity index (χ1v) is 13.7. The van der Waals surface area contributed by atoms with E-state index in [2.05, 4.69) is 78.9 Å². The molecule has 2 aromatic carbocycles. The Balaban J connectivity index is 1.23. The summed E-state index contributed by atoms with van der Waals surface area (Å²) in [6, 6.07) is 13.7. The monoisotopic (exact) mass is 486 g/mol. The van der Waals surface area contributed by atoms with Crippen molar-refractivity contribution in [1.29, 1.82) is 0 Å². The standard InChI is InChI=1S/C31H42N4O/c1-20(2)29(36)32-25-9-8-23-16-22(17-24(23)18-25)19-34-13-11-26(12-14-34)35-28-10-7-21(3)15-27(28)33-30(35)31(4,5)6/h7-10,15,18,20,22,26H,11-14,16-17,19H2,1-6H3,(H,32,36)/t22-/m1/s1. The van der Waals surface area contributed by atoms with Gasteiger partial charge in [-0.1, -0.05) is 46.8 Å². The number of fused-ring (bicyclic) bond motifs is 2. The van der Waals surface area contributed by atoms with E-state index < -0.39 is 0 Å². The van der Waals surface area contributed by atoms with Crippen molar-refractivity contribution in [3.05, 3.63) is 58.9 Å². The number of hydrogen-bond acceptors (Lipinski definition) is 3. The maximum Gasteiger partial charge on any atom is 0.226 e. The van der Waals surface area contributed by atoms with Crippen LogP contribution in [0.1, 0.15) is 76.0 Å². The van der Waals surface area contributed by atoms with E-state index >= 15 is 0 Å². The molecule has 1 aliphatic heterocycles. The van der Waals surface area contributed by atoms with Crippen LogP contribution in [0, 0.1) is 18.8 Å². The molecular weight excluding hydrogens is 444 g/mol. The Morgan fingerprint density at radius 3 is 2.47 bits per heavy atom. The SMILES string of the molecule is Cc1ccc2c(c1)nc(C(C)(C)C)n2C1CCN(C[C@@H]2Cc3ccc(NC(=O)C(C)C)cc3C2)CC1. The molecule has 5 rings (SSSR count). The van der Waals surface area contributed by atoms with Crippen molar-refractivity contribution in [2.75, 3.05) is 25.0 Å². The van der Waals surface area contributed by atoms with Gasteiger partial charge in [0.05, 0.1) is 11.0 Å². The largest absolute Gasteiger partial charge is 0.326 e. The molecule has 36 heavy (non-hydrogen) atoms. The molecule has 1 fully saturated rings. The fourth-order valence-corrected chi connectivity index (χ4v) is 6.04. The molecule has 0 radical (unpaired) electrons. The number of aromatic nitrogens is 2. The molecule has 2 aliphatic rings. The number of carbonyl (C=O) groups excluding carboxylic acids is 1. The Bertz CT molecular complexity index is 1260. The number of amides is 1. The highest BCUT2D eigenvalue weighted by Crippen LogP contribution is 2.35. The summed E-state index contributed by atoms with van der Waals surface area (Å²) in [5.74, 6) is 1.96. The fourth-order valence-electron chi connectivity index (χ4n) is 6.04. The maximum atomic E-state index is 12.1. The van der Waals surface area contributed by atoms with E-state index in [9.17, 15) is 4.79 Å². The minimum absolute atomic E-state index is 0.00200. The van der Waals surface area contributed by atoms with Crippen molar-refractivity contribution in [2.45, 2.75) is 78.7 Å². The minimum Gasteiger partial charge on any atom is -0.326 e. The first-order chi connectivity index (χ1) is 17.1. The van der Waals surface area contributed by atoms with Gasteiger partial charge in [-0.05, 0) is 79.5 Å². The zero-order valence-electron chi connectivity index (χ0n) is 22.9. The molecule has 192 valence electrons. The summed E-state index contributed by atoms with van der Waals surface area (Å²) in [4.78, 5) is 19.9. The Hall–Kier alpha value is -2.66. The average molecular weight is 487 g/mol. The van der Waals surface area contributed by atoms with E-state index in [1.807, 2.05) is 13.8 Å². The number of nitrogens with zero attached hydrogens (tertiary/aromatic N) is 3. The number of piperidine rings is 1. The van der Waals surface area contributed by atoms with Crippen LogP contribution in [0.4, 0.5) is 5.69 Å². The number of anilines is 1. The summed E-state index contributed by atoms with van der Waals surface area (Å²) in [7, 11) is 0. The molecule has 0 spiro atoms. The first-order valence-electron chi connectivity index (χ1n) is 13.7. The molecule has 3 aromatic rings. The van der Waals surface area contributed by atoms with Gasteiger partial charge in [0.15, 0.2) is 0 Å². The predicted octanol–water partition coefficient (Wildman–Crippen LogP) is 6.29. The highest BCUT2D eigenvalue weighted by molar-refractivity contribution is 5.92. The average Bonchev–Trinajstić information content (AvgIpc) is 3.39. The molecule has 2 heterocycles. The van der Waals surface area contributed by atoms with Crippen molar-refractivity contribution in [3.8, 4) is 0 Å². The molecule has 0 saturated carbocycles. The zero-order chi connectivity index (χ0) is 25.6. The van der Waals surface area contributed by atoms with Gasteiger partial charge in [-0.3, -0.25) is 4.79 Å².